The average molecular weight is 254 g/mol. The summed E-state index contributed by atoms with van der Waals surface area (Å²) in [7, 11) is 0. The molecule has 0 bridgehead atoms. The number of hydrogen-bond donors (Lipinski definition) is 1. The molecule has 0 aliphatic rings. The Balaban J connectivity index is 3.66. The summed E-state index contributed by atoms with van der Waals surface area (Å²) in [6, 6.07) is 2.55. The summed E-state index contributed by atoms with van der Waals surface area (Å²) in [5.74, 6) is 0.684. The van der Waals surface area contributed by atoms with Crippen molar-refractivity contribution in [3.05, 3.63) is 0 Å². The lowest BCUT2D eigenvalue weighted by Crippen LogP contribution is -2.34. The molecular weight excluding hydrogens is 224 g/mol. The van der Waals surface area contributed by atoms with E-state index in [1.54, 1.807) is 0 Å². The predicted molar refractivity (Wildman–Crippen MR) is 76.4 cm³/mol. The summed E-state index contributed by atoms with van der Waals surface area (Å²) < 4.78 is 5.71. The van der Waals surface area contributed by atoms with Crippen molar-refractivity contribution >= 4 is 0 Å². The molecule has 0 amide bonds. The highest BCUT2D eigenvalue weighted by molar-refractivity contribution is 4.90. The first kappa shape index (κ1) is 17.4. The molecule has 2 atom stereocenters. The number of nitriles is 1. The van der Waals surface area contributed by atoms with Crippen LogP contribution in [0.4, 0.5) is 0 Å². The molecule has 0 aliphatic carbocycles. The fraction of sp³-hybridized carbons (Fsp3) is 0.933. The van der Waals surface area contributed by atoms with E-state index >= 15 is 0 Å². The van der Waals surface area contributed by atoms with Crippen molar-refractivity contribution in [2.75, 3.05) is 13.2 Å². The zero-order valence-corrected chi connectivity index (χ0v) is 12.5. The fourth-order valence-corrected chi connectivity index (χ4v) is 1.94. The van der Waals surface area contributed by atoms with Gasteiger partial charge in [0.05, 0.1) is 12.1 Å². The number of nitrogens with one attached hydrogen (secondary N) is 1. The van der Waals surface area contributed by atoms with Gasteiger partial charge < -0.3 is 4.74 Å². The Bertz CT molecular complexity index is 223. The zero-order chi connectivity index (χ0) is 13.8. The Morgan fingerprint density at radius 1 is 1.22 bits per heavy atom. The van der Waals surface area contributed by atoms with Crippen molar-refractivity contribution in [3.63, 3.8) is 0 Å². The second kappa shape index (κ2) is 11.5. The minimum Gasteiger partial charge on any atom is -0.381 e. The van der Waals surface area contributed by atoms with Crippen LogP contribution >= 0.6 is 0 Å². The molecule has 2 unspecified atom stereocenters. The molecule has 106 valence electrons. The van der Waals surface area contributed by atoms with E-state index < -0.39 is 0 Å². The lowest BCUT2D eigenvalue weighted by atomic mass is 10.0. The second-order valence-corrected chi connectivity index (χ2v) is 5.28. The number of rotatable bonds is 11. The standard InChI is InChI=1S/C15H30N2O/c1-5-7-8-14(6-2)12-18-10-9-15(11-16)17-13(3)4/h13-15,17H,5-10,12H2,1-4H3. The smallest absolute Gasteiger partial charge is 0.0976 e. The highest BCUT2D eigenvalue weighted by Crippen LogP contribution is 2.12. The quantitative estimate of drug-likeness (QED) is 0.574. The van der Waals surface area contributed by atoms with Gasteiger partial charge in [0.1, 0.15) is 0 Å². The van der Waals surface area contributed by atoms with Crippen LogP contribution in [0.5, 0.6) is 0 Å². The molecule has 0 saturated carbocycles. The maximum atomic E-state index is 8.98. The molecule has 0 saturated heterocycles. The van der Waals surface area contributed by atoms with Crippen LogP contribution in [-0.4, -0.2) is 25.3 Å². The van der Waals surface area contributed by atoms with Crippen molar-refractivity contribution in [3.8, 4) is 6.07 Å². The first-order valence-electron chi connectivity index (χ1n) is 7.37. The molecule has 0 aromatic carbocycles. The van der Waals surface area contributed by atoms with Gasteiger partial charge in [-0.2, -0.15) is 5.26 Å². The summed E-state index contributed by atoms with van der Waals surface area (Å²) in [6.07, 6.45) is 5.77. The van der Waals surface area contributed by atoms with Crippen molar-refractivity contribution in [2.24, 2.45) is 5.92 Å². The van der Waals surface area contributed by atoms with E-state index in [-0.39, 0.29) is 6.04 Å². The monoisotopic (exact) mass is 254 g/mol. The molecule has 0 aromatic rings. The molecule has 3 heteroatoms. The predicted octanol–water partition coefficient (Wildman–Crippen LogP) is 3.50. The van der Waals surface area contributed by atoms with Gasteiger partial charge in [0.15, 0.2) is 0 Å². The largest absolute Gasteiger partial charge is 0.381 e. The van der Waals surface area contributed by atoms with Gasteiger partial charge in [0.2, 0.25) is 0 Å². The van der Waals surface area contributed by atoms with Gasteiger partial charge in [0, 0.05) is 19.3 Å². The van der Waals surface area contributed by atoms with Crippen LogP contribution in [0.25, 0.3) is 0 Å². The summed E-state index contributed by atoms with van der Waals surface area (Å²) >= 11 is 0. The molecule has 0 heterocycles. The third-order valence-corrected chi connectivity index (χ3v) is 3.14. The minimum atomic E-state index is -0.0827. The van der Waals surface area contributed by atoms with Crippen LogP contribution in [0, 0.1) is 17.2 Å². The molecule has 0 spiro atoms. The first-order valence-corrected chi connectivity index (χ1v) is 7.37. The van der Waals surface area contributed by atoms with E-state index in [0.717, 1.165) is 13.0 Å². The van der Waals surface area contributed by atoms with Crippen molar-refractivity contribution in [2.45, 2.75) is 71.9 Å². The molecule has 18 heavy (non-hydrogen) atoms. The van der Waals surface area contributed by atoms with Crippen LogP contribution in [0.1, 0.15) is 59.8 Å². The molecule has 0 radical (unpaired) electrons. The van der Waals surface area contributed by atoms with Crippen LogP contribution in [0.15, 0.2) is 0 Å². The third kappa shape index (κ3) is 9.44. The Hall–Kier alpha value is -0.590. The van der Waals surface area contributed by atoms with E-state index in [0.29, 0.717) is 18.6 Å². The lowest BCUT2D eigenvalue weighted by Gasteiger charge is -2.17. The zero-order valence-electron chi connectivity index (χ0n) is 12.5. The van der Waals surface area contributed by atoms with Gasteiger partial charge in [0.25, 0.3) is 0 Å². The minimum absolute atomic E-state index is 0.0827. The summed E-state index contributed by atoms with van der Waals surface area (Å²) in [6.45, 7) is 10.1. The van der Waals surface area contributed by atoms with Crippen molar-refractivity contribution < 1.29 is 4.74 Å². The van der Waals surface area contributed by atoms with Gasteiger partial charge in [-0.25, -0.2) is 0 Å². The van der Waals surface area contributed by atoms with Gasteiger partial charge in [-0.1, -0.05) is 33.1 Å². The van der Waals surface area contributed by atoms with Crippen LogP contribution < -0.4 is 5.32 Å². The number of unbranched alkanes of at least 4 members (excludes halogenated alkanes) is 1. The lowest BCUT2D eigenvalue weighted by molar-refractivity contribution is 0.0890. The van der Waals surface area contributed by atoms with Gasteiger partial charge in [-0.05, 0) is 32.6 Å². The molecule has 0 rings (SSSR count). The maximum absolute atomic E-state index is 8.98. The summed E-state index contributed by atoms with van der Waals surface area (Å²) in [5.41, 5.74) is 0. The Labute approximate surface area is 113 Å². The van der Waals surface area contributed by atoms with E-state index in [2.05, 4.69) is 39.1 Å². The fourth-order valence-electron chi connectivity index (χ4n) is 1.94. The van der Waals surface area contributed by atoms with Crippen LogP contribution in [0.2, 0.25) is 0 Å². The normalized spacial score (nSPS) is 14.4. The highest BCUT2D eigenvalue weighted by Gasteiger charge is 2.09. The van der Waals surface area contributed by atoms with E-state index in [1.165, 1.54) is 25.7 Å². The molecule has 0 aromatic heterocycles. The van der Waals surface area contributed by atoms with Crippen molar-refractivity contribution in [1.29, 1.82) is 5.26 Å². The van der Waals surface area contributed by atoms with Crippen LogP contribution in [0.3, 0.4) is 0 Å². The molecule has 3 nitrogen and oxygen atoms in total. The Kier molecular flexibility index (Phi) is 11.1. The topological polar surface area (TPSA) is 45.0 Å². The molecule has 1 N–H and O–H groups in total. The number of hydrogen-bond acceptors (Lipinski definition) is 3. The van der Waals surface area contributed by atoms with Gasteiger partial charge in [-0.15, -0.1) is 0 Å². The SMILES string of the molecule is CCCCC(CC)COCCC(C#N)NC(C)C. The maximum Gasteiger partial charge on any atom is 0.0976 e. The second-order valence-electron chi connectivity index (χ2n) is 5.28. The first-order chi connectivity index (χ1) is 8.63. The summed E-state index contributed by atoms with van der Waals surface area (Å²) in [5, 5.41) is 12.2. The van der Waals surface area contributed by atoms with Gasteiger partial charge in [-0.3, -0.25) is 5.32 Å². The molecular formula is C15H30N2O. The Morgan fingerprint density at radius 3 is 2.44 bits per heavy atom. The highest BCUT2D eigenvalue weighted by atomic mass is 16.5. The van der Waals surface area contributed by atoms with E-state index in [9.17, 15) is 0 Å². The molecule has 0 aliphatic heterocycles. The summed E-state index contributed by atoms with van der Waals surface area (Å²) in [4.78, 5) is 0. The van der Waals surface area contributed by atoms with E-state index in [1.807, 2.05) is 0 Å². The van der Waals surface area contributed by atoms with E-state index in [4.69, 9.17) is 10.00 Å². The van der Waals surface area contributed by atoms with Gasteiger partial charge >= 0.3 is 0 Å². The Morgan fingerprint density at radius 2 is 1.94 bits per heavy atom. The van der Waals surface area contributed by atoms with Crippen LogP contribution in [-0.2, 0) is 4.74 Å². The average Bonchev–Trinajstić information content (AvgIpc) is 2.36. The molecule has 0 fully saturated rings. The number of ether oxygens (including phenoxy) is 1. The van der Waals surface area contributed by atoms with Crippen molar-refractivity contribution in [1.82, 2.24) is 5.32 Å². The third-order valence-electron chi connectivity index (χ3n) is 3.14. The number of nitrogens with zero attached hydrogens (tertiary/aromatic N) is 1.